The van der Waals surface area contributed by atoms with Crippen molar-refractivity contribution < 1.29 is 9.59 Å². The Morgan fingerprint density at radius 1 is 1.03 bits per heavy atom. The van der Waals surface area contributed by atoms with Crippen LogP contribution >= 0.6 is 34.8 Å². The maximum absolute atomic E-state index is 13.4. The molecule has 1 fully saturated rings. The number of carbonyl (C=O) groups is 2. The third-order valence-corrected chi connectivity index (χ3v) is 6.96. The van der Waals surface area contributed by atoms with Crippen molar-refractivity contribution in [1.29, 1.82) is 0 Å². The molecule has 2 aromatic carbocycles. The lowest BCUT2D eigenvalue weighted by Gasteiger charge is -2.32. The molecule has 3 rings (SSSR count). The largest absolute Gasteiger partial charge is 0.352 e. The van der Waals surface area contributed by atoms with Crippen LogP contribution in [0.15, 0.2) is 42.5 Å². The van der Waals surface area contributed by atoms with Crippen LogP contribution in [0.25, 0.3) is 0 Å². The summed E-state index contributed by atoms with van der Waals surface area (Å²) in [7, 11) is 0. The van der Waals surface area contributed by atoms with Crippen LogP contribution in [0, 0.1) is 0 Å². The molecule has 0 spiro atoms. The summed E-state index contributed by atoms with van der Waals surface area (Å²) in [5.74, 6) is -0.208. The Labute approximate surface area is 205 Å². The van der Waals surface area contributed by atoms with Crippen LogP contribution in [0.3, 0.4) is 0 Å². The van der Waals surface area contributed by atoms with Crippen molar-refractivity contribution in [3.05, 3.63) is 68.7 Å². The molecule has 2 aromatic rings. The van der Waals surface area contributed by atoms with Gasteiger partial charge in [0.25, 0.3) is 0 Å². The molecule has 7 heteroatoms. The predicted octanol–water partition coefficient (Wildman–Crippen LogP) is 6.45. The fourth-order valence-electron chi connectivity index (χ4n) is 4.21. The molecule has 1 aliphatic carbocycles. The van der Waals surface area contributed by atoms with Crippen LogP contribution < -0.4 is 5.32 Å². The van der Waals surface area contributed by atoms with E-state index in [1.54, 1.807) is 23.1 Å². The van der Waals surface area contributed by atoms with Gasteiger partial charge in [-0.05, 0) is 55.0 Å². The smallest absolute Gasteiger partial charge is 0.243 e. The topological polar surface area (TPSA) is 49.4 Å². The third kappa shape index (κ3) is 6.63. The second kappa shape index (κ2) is 11.9. The number of rotatable bonds is 9. The summed E-state index contributed by atoms with van der Waals surface area (Å²) < 4.78 is 0. The van der Waals surface area contributed by atoms with Crippen LogP contribution in [0.4, 0.5) is 0 Å². The number of halogens is 3. The molecule has 1 N–H and O–H groups in total. The first-order valence-corrected chi connectivity index (χ1v) is 12.3. The van der Waals surface area contributed by atoms with Crippen LogP contribution in [0.2, 0.25) is 15.1 Å². The van der Waals surface area contributed by atoms with E-state index in [0.29, 0.717) is 27.9 Å². The van der Waals surface area contributed by atoms with Gasteiger partial charge in [-0.2, -0.15) is 0 Å². The molecule has 1 saturated carbocycles. The summed E-state index contributed by atoms with van der Waals surface area (Å²) in [6, 6.07) is 12.3. The van der Waals surface area contributed by atoms with Crippen molar-refractivity contribution in [2.75, 3.05) is 0 Å². The molecule has 0 heterocycles. The highest BCUT2D eigenvalue weighted by Crippen LogP contribution is 2.25. The van der Waals surface area contributed by atoms with E-state index in [1.807, 2.05) is 31.2 Å². The Morgan fingerprint density at radius 3 is 2.41 bits per heavy atom. The number of nitrogens with one attached hydrogen (secondary N) is 1. The minimum Gasteiger partial charge on any atom is -0.352 e. The standard InChI is InChI=1S/C25H29Cl3N2O2/c1-2-23(25(32)29-20-8-4-5-9-20)30(16-18-11-13-19(26)15-22(18)28)24(31)14-12-17-7-3-6-10-21(17)27/h3,6-7,10-11,13,15,20,23H,2,4-5,8-9,12,14,16H2,1H3,(H,29,32)/t23-/m0/s1. The lowest BCUT2D eigenvalue weighted by atomic mass is 10.1. The second-order valence-electron chi connectivity index (χ2n) is 8.26. The van der Waals surface area contributed by atoms with Crippen LogP contribution in [-0.4, -0.2) is 28.8 Å². The van der Waals surface area contributed by atoms with Crippen LogP contribution in [0.1, 0.15) is 56.6 Å². The first-order chi connectivity index (χ1) is 15.4. The zero-order valence-corrected chi connectivity index (χ0v) is 20.5. The van der Waals surface area contributed by atoms with Gasteiger partial charge in [-0.3, -0.25) is 9.59 Å². The average Bonchev–Trinajstić information content (AvgIpc) is 3.27. The van der Waals surface area contributed by atoms with Gasteiger partial charge < -0.3 is 10.2 Å². The Balaban J connectivity index is 1.80. The molecular formula is C25H29Cl3N2O2. The molecule has 1 atom stereocenters. The first kappa shape index (κ1) is 24.9. The number of hydrogen-bond donors (Lipinski definition) is 1. The van der Waals surface area contributed by atoms with Crippen molar-refractivity contribution in [3.8, 4) is 0 Å². The molecule has 0 bridgehead atoms. The van der Waals surface area contributed by atoms with Crippen LogP contribution in [0.5, 0.6) is 0 Å². The molecule has 0 radical (unpaired) electrons. The molecule has 1 aliphatic rings. The van der Waals surface area contributed by atoms with Crippen LogP contribution in [-0.2, 0) is 22.6 Å². The van der Waals surface area contributed by atoms with Crippen molar-refractivity contribution in [3.63, 3.8) is 0 Å². The van der Waals surface area contributed by atoms with E-state index in [9.17, 15) is 9.59 Å². The van der Waals surface area contributed by atoms with Gasteiger partial charge in [0, 0.05) is 34.1 Å². The molecule has 0 saturated heterocycles. The number of hydrogen-bond acceptors (Lipinski definition) is 2. The maximum Gasteiger partial charge on any atom is 0.243 e. The summed E-state index contributed by atoms with van der Waals surface area (Å²) in [6.45, 7) is 2.17. The van der Waals surface area contributed by atoms with Gasteiger partial charge in [0.2, 0.25) is 11.8 Å². The number of nitrogens with zero attached hydrogens (tertiary/aromatic N) is 1. The second-order valence-corrected chi connectivity index (χ2v) is 9.51. The summed E-state index contributed by atoms with van der Waals surface area (Å²) in [4.78, 5) is 28.2. The maximum atomic E-state index is 13.4. The quantitative estimate of drug-likeness (QED) is 0.435. The lowest BCUT2D eigenvalue weighted by Crippen LogP contribution is -2.51. The van der Waals surface area contributed by atoms with Crippen molar-refractivity contribution >= 4 is 46.6 Å². The predicted molar refractivity (Wildman–Crippen MR) is 131 cm³/mol. The van der Waals surface area contributed by atoms with Crippen molar-refractivity contribution in [1.82, 2.24) is 10.2 Å². The first-order valence-electron chi connectivity index (χ1n) is 11.2. The molecule has 4 nitrogen and oxygen atoms in total. The van der Waals surface area contributed by atoms with E-state index < -0.39 is 6.04 Å². The minimum absolute atomic E-state index is 0.101. The van der Waals surface area contributed by atoms with Gasteiger partial charge in [0.05, 0.1) is 0 Å². The number of carbonyl (C=O) groups excluding carboxylic acids is 2. The van der Waals surface area contributed by atoms with Gasteiger partial charge in [-0.25, -0.2) is 0 Å². The minimum atomic E-state index is -0.568. The van der Waals surface area contributed by atoms with E-state index >= 15 is 0 Å². The molecule has 0 aliphatic heterocycles. The summed E-state index contributed by atoms with van der Waals surface area (Å²) in [6.07, 6.45) is 5.51. The molecule has 172 valence electrons. The Morgan fingerprint density at radius 2 is 1.75 bits per heavy atom. The highest BCUT2D eigenvalue weighted by Gasteiger charge is 2.30. The Hall–Kier alpha value is -1.75. The highest BCUT2D eigenvalue weighted by atomic mass is 35.5. The fraction of sp³-hybridized carbons (Fsp3) is 0.440. The zero-order chi connectivity index (χ0) is 23.1. The average molecular weight is 496 g/mol. The lowest BCUT2D eigenvalue weighted by molar-refractivity contribution is -0.141. The Bertz CT molecular complexity index is 945. The fourth-order valence-corrected chi connectivity index (χ4v) is 4.91. The highest BCUT2D eigenvalue weighted by molar-refractivity contribution is 6.35. The molecule has 0 unspecified atom stereocenters. The van der Waals surface area contributed by atoms with Gasteiger partial charge >= 0.3 is 0 Å². The normalized spacial score (nSPS) is 14.9. The summed E-state index contributed by atoms with van der Waals surface area (Å²) in [5.41, 5.74) is 1.67. The number of benzene rings is 2. The van der Waals surface area contributed by atoms with Crippen molar-refractivity contribution in [2.45, 2.75) is 70.5 Å². The van der Waals surface area contributed by atoms with E-state index in [-0.39, 0.29) is 30.8 Å². The third-order valence-electron chi connectivity index (χ3n) is 6.01. The number of amides is 2. The molecular weight excluding hydrogens is 467 g/mol. The van der Waals surface area contributed by atoms with E-state index in [1.165, 1.54) is 0 Å². The summed E-state index contributed by atoms with van der Waals surface area (Å²) >= 11 is 18.7. The van der Waals surface area contributed by atoms with Crippen molar-refractivity contribution in [2.24, 2.45) is 0 Å². The van der Waals surface area contributed by atoms with E-state index in [4.69, 9.17) is 34.8 Å². The Kier molecular flexibility index (Phi) is 9.27. The van der Waals surface area contributed by atoms with Gasteiger partial charge in [-0.15, -0.1) is 0 Å². The van der Waals surface area contributed by atoms with E-state index in [2.05, 4.69) is 5.32 Å². The van der Waals surface area contributed by atoms with Gasteiger partial charge in [0.1, 0.15) is 6.04 Å². The molecule has 32 heavy (non-hydrogen) atoms. The molecule has 2 amide bonds. The van der Waals surface area contributed by atoms with Gasteiger partial charge in [0.15, 0.2) is 0 Å². The van der Waals surface area contributed by atoms with Gasteiger partial charge in [-0.1, -0.05) is 78.8 Å². The number of aryl methyl sites for hydroxylation is 1. The SMILES string of the molecule is CC[C@@H](C(=O)NC1CCCC1)N(Cc1ccc(Cl)cc1Cl)C(=O)CCc1ccccc1Cl. The zero-order valence-electron chi connectivity index (χ0n) is 18.3. The molecule has 0 aromatic heterocycles. The summed E-state index contributed by atoms with van der Waals surface area (Å²) in [5, 5.41) is 4.80. The monoisotopic (exact) mass is 494 g/mol. The van der Waals surface area contributed by atoms with E-state index in [0.717, 1.165) is 36.8 Å².